The topological polar surface area (TPSA) is 75.2 Å². The van der Waals surface area contributed by atoms with Crippen LogP contribution in [-0.4, -0.2) is 39.8 Å². The van der Waals surface area contributed by atoms with Crippen molar-refractivity contribution in [2.45, 2.75) is 18.8 Å². The maximum absolute atomic E-state index is 14.1. The number of pyridine rings is 1. The molecule has 3 aromatic rings. The van der Waals surface area contributed by atoms with E-state index in [0.29, 0.717) is 37.3 Å². The van der Waals surface area contributed by atoms with Gasteiger partial charge in [0.15, 0.2) is 0 Å². The standard InChI is InChI=1S/C21H18ClFN4O2S/c22-15-4-1-5-16(23)18(15)21(29)27-9-6-13(7-10-27)20-26-17(12-30-20)19(28)25-14-3-2-8-24-11-14/h1-5,8,11-13H,6-7,9-10H2,(H,25,28). The zero-order valence-corrected chi connectivity index (χ0v) is 17.4. The number of thiazole rings is 1. The first-order valence-electron chi connectivity index (χ1n) is 9.43. The number of likely N-dealkylation sites (tertiary alicyclic amines) is 1. The molecule has 154 valence electrons. The molecule has 3 heterocycles. The van der Waals surface area contributed by atoms with Crippen LogP contribution in [0.15, 0.2) is 48.1 Å². The predicted molar refractivity (Wildman–Crippen MR) is 114 cm³/mol. The SMILES string of the molecule is O=C(Nc1cccnc1)c1csc(C2CCN(C(=O)c3c(F)cccc3Cl)CC2)n1. The molecule has 0 spiro atoms. The highest BCUT2D eigenvalue weighted by Gasteiger charge is 2.29. The molecule has 0 radical (unpaired) electrons. The molecular weight excluding hydrogens is 427 g/mol. The fourth-order valence-electron chi connectivity index (χ4n) is 3.40. The molecule has 1 aromatic carbocycles. The lowest BCUT2D eigenvalue weighted by atomic mass is 9.97. The molecule has 0 unspecified atom stereocenters. The highest BCUT2D eigenvalue weighted by atomic mass is 35.5. The van der Waals surface area contributed by atoms with E-state index in [1.807, 2.05) is 0 Å². The van der Waals surface area contributed by atoms with Crippen molar-refractivity contribution in [3.63, 3.8) is 0 Å². The number of piperidine rings is 1. The Morgan fingerprint density at radius 1 is 1.20 bits per heavy atom. The fraction of sp³-hybridized carbons (Fsp3) is 0.238. The highest BCUT2D eigenvalue weighted by Crippen LogP contribution is 2.32. The first kappa shape index (κ1) is 20.4. The highest BCUT2D eigenvalue weighted by molar-refractivity contribution is 7.10. The number of nitrogens with zero attached hydrogens (tertiary/aromatic N) is 3. The van der Waals surface area contributed by atoms with Crippen LogP contribution >= 0.6 is 22.9 Å². The second-order valence-electron chi connectivity index (χ2n) is 6.93. The minimum atomic E-state index is -0.612. The number of carbonyl (C=O) groups is 2. The van der Waals surface area contributed by atoms with Crippen LogP contribution in [0.4, 0.5) is 10.1 Å². The van der Waals surface area contributed by atoms with Gasteiger partial charge >= 0.3 is 0 Å². The molecule has 30 heavy (non-hydrogen) atoms. The maximum atomic E-state index is 14.1. The second kappa shape index (κ2) is 8.89. The van der Waals surface area contributed by atoms with Gasteiger partial charge in [-0.15, -0.1) is 11.3 Å². The average Bonchev–Trinajstić information content (AvgIpc) is 3.25. The van der Waals surface area contributed by atoms with Crippen LogP contribution in [0.3, 0.4) is 0 Å². The molecule has 1 aliphatic heterocycles. The molecule has 1 aliphatic rings. The summed E-state index contributed by atoms with van der Waals surface area (Å²) in [6, 6.07) is 7.72. The zero-order valence-electron chi connectivity index (χ0n) is 15.8. The largest absolute Gasteiger partial charge is 0.338 e. The maximum Gasteiger partial charge on any atom is 0.275 e. The van der Waals surface area contributed by atoms with Crippen molar-refractivity contribution in [2.75, 3.05) is 18.4 Å². The van der Waals surface area contributed by atoms with E-state index in [0.717, 1.165) is 5.01 Å². The zero-order chi connectivity index (χ0) is 21.1. The summed E-state index contributed by atoms with van der Waals surface area (Å²) in [5, 5.41) is 5.48. The summed E-state index contributed by atoms with van der Waals surface area (Å²) in [6.45, 7) is 0.954. The Bertz CT molecular complexity index is 1050. The van der Waals surface area contributed by atoms with Crippen LogP contribution in [0, 0.1) is 5.82 Å². The van der Waals surface area contributed by atoms with Crippen LogP contribution < -0.4 is 5.32 Å². The van der Waals surface area contributed by atoms with E-state index >= 15 is 0 Å². The van der Waals surface area contributed by atoms with Crippen LogP contribution in [0.5, 0.6) is 0 Å². The van der Waals surface area contributed by atoms with Crippen molar-refractivity contribution in [1.29, 1.82) is 0 Å². The molecule has 6 nitrogen and oxygen atoms in total. The minimum absolute atomic E-state index is 0.0822. The fourth-order valence-corrected chi connectivity index (χ4v) is 4.62. The summed E-state index contributed by atoms with van der Waals surface area (Å²) in [6.07, 6.45) is 4.58. The van der Waals surface area contributed by atoms with Gasteiger partial charge in [-0.25, -0.2) is 9.37 Å². The van der Waals surface area contributed by atoms with E-state index in [1.165, 1.54) is 29.5 Å². The van der Waals surface area contributed by atoms with Crippen molar-refractivity contribution in [2.24, 2.45) is 0 Å². The number of hydrogen-bond donors (Lipinski definition) is 1. The third-order valence-electron chi connectivity index (χ3n) is 4.98. The Morgan fingerprint density at radius 2 is 2.00 bits per heavy atom. The summed E-state index contributed by atoms with van der Waals surface area (Å²) < 4.78 is 14.1. The van der Waals surface area contributed by atoms with Crippen LogP contribution in [0.2, 0.25) is 5.02 Å². The average molecular weight is 445 g/mol. The van der Waals surface area contributed by atoms with E-state index in [1.54, 1.807) is 34.8 Å². The van der Waals surface area contributed by atoms with Crippen molar-refractivity contribution >= 4 is 40.4 Å². The van der Waals surface area contributed by atoms with Crippen LogP contribution in [0.25, 0.3) is 0 Å². The number of anilines is 1. The normalized spacial score (nSPS) is 14.5. The first-order chi connectivity index (χ1) is 14.5. The molecule has 9 heteroatoms. The van der Waals surface area contributed by atoms with Gasteiger partial charge < -0.3 is 10.2 Å². The van der Waals surface area contributed by atoms with Gasteiger partial charge in [0.1, 0.15) is 11.5 Å². The number of hydrogen-bond acceptors (Lipinski definition) is 5. The second-order valence-corrected chi connectivity index (χ2v) is 8.23. The van der Waals surface area contributed by atoms with Crippen LogP contribution in [0.1, 0.15) is 44.6 Å². The lowest BCUT2D eigenvalue weighted by molar-refractivity contribution is 0.0708. The Labute approximate surface area is 181 Å². The van der Waals surface area contributed by atoms with Gasteiger partial charge in [0, 0.05) is 30.6 Å². The Morgan fingerprint density at radius 3 is 2.70 bits per heavy atom. The van der Waals surface area contributed by atoms with Gasteiger partial charge in [-0.05, 0) is 37.1 Å². The lowest BCUT2D eigenvalue weighted by Gasteiger charge is -2.31. The van der Waals surface area contributed by atoms with Crippen LogP contribution in [-0.2, 0) is 0 Å². The summed E-state index contributed by atoms with van der Waals surface area (Å²) in [4.78, 5) is 35.1. The summed E-state index contributed by atoms with van der Waals surface area (Å²) >= 11 is 7.45. The monoisotopic (exact) mass is 444 g/mol. The molecule has 2 aromatic heterocycles. The summed E-state index contributed by atoms with van der Waals surface area (Å²) in [7, 11) is 0. The number of nitrogens with one attached hydrogen (secondary N) is 1. The number of amides is 2. The van der Waals surface area contributed by atoms with Crippen molar-refractivity contribution < 1.29 is 14.0 Å². The molecule has 1 saturated heterocycles. The van der Waals surface area contributed by atoms with E-state index in [4.69, 9.17) is 11.6 Å². The number of rotatable bonds is 4. The van der Waals surface area contributed by atoms with Gasteiger partial charge in [0.25, 0.3) is 11.8 Å². The third kappa shape index (κ3) is 4.34. The van der Waals surface area contributed by atoms with Gasteiger partial charge in [0.05, 0.1) is 27.5 Å². The first-order valence-corrected chi connectivity index (χ1v) is 10.7. The van der Waals surface area contributed by atoms with E-state index in [2.05, 4.69) is 15.3 Å². The molecular formula is C21H18ClFN4O2S. The quantitative estimate of drug-likeness (QED) is 0.638. The van der Waals surface area contributed by atoms with Gasteiger partial charge in [-0.3, -0.25) is 14.6 Å². The number of benzene rings is 1. The number of halogens is 2. The molecule has 1 fully saturated rings. The molecule has 2 amide bonds. The Kier molecular flexibility index (Phi) is 6.06. The molecule has 1 N–H and O–H groups in total. The van der Waals surface area contributed by atoms with E-state index in [9.17, 15) is 14.0 Å². The number of aromatic nitrogens is 2. The predicted octanol–water partition coefficient (Wildman–Crippen LogP) is 4.60. The summed E-state index contributed by atoms with van der Waals surface area (Å²) in [5.74, 6) is -1.14. The van der Waals surface area contributed by atoms with Crippen molar-refractivity contribution in [3.8, 4) is 0 Å². The Hall–Kier alpha value is -2.84. The van der Waals surface area contributed by atoms with Gasteiger partial charge in [0.2, 0.25) is 0 Å². The lowest BCUT2D eigenvalue weighted by Crippen LogP contribution is -2.38. The van der Waals surface area contributed by atoms with Crippen molar-refractivity contribution in [3.05, 3.63) is 75.2 Å². The molecule has 0 aliphatic carbocycles. The molecule has 0 bridgehead atoms. The van der Waals surface area contributed by atoms with E-state index in [-0.39, 0.29) is 22.4 Å². The van der Waals surface area contributed by atoms with Gasteiger partial charge in [-0.1, -0.05) is 17.7 Å². The third-order valence-corrected chi connectivity index (χ3v) is 6.30. The van der Waals surface area contributed by atoms with Gasteiger partial charge in [-0.2, -0.15) is 0 Å². The molecule has 0 saturated carbocycles. The molecule has 0 atom stereocenters. The summed E-state index contributed by atoms with van der Waals surface area (Å²) in [5.41, 5.74) is 0.882. The molecule has 4 rings (SSSR count). The minimum Gasteiger partial charge on any atom is -0.338 e. The smallest absolute Gasteiger partial charge is 0.275 e. The van der Waals surface area contributed by atoms with Crippen molar-refractivity contribution in [1.82, 2.24) is 14.9 Å². The Balaban J connectivity index is 1.38. The number of carbonyl (C=O) groups excluding carboxylic acids is 2. The van der Waals surface area contributed by atoms with E-state index < -0.39 is 11.7 Å².